The Morgan fingerprint density at radius 3 is 3.00 bits per heavy atom. The number of ether oxygens (including phenoxy) is 1. The molecule has 0 spiro atoms. The summed E-state index contributed by atoms with van der Waals surface area (Å²) in [6.07, 6.45) is 3.12. The van der Waals surface area contributed by atoms with E-state index in [1.165, 1.54) is 19.2 Å². The van der Waals surface area contributed by atoms with Crippen LogP contribution in [0.2, 0.25) is 0 Å². The second kappa shape index (κ2) is 6.37. The van der Waals surface area contributed by atoms with Crippen LogP contribution in [0.25, 0.3) is 0 Å². The first kappa shape index (κ1) is 14.3. The summed E-state index contributed by atoms with van der Waals surface area (Å²) in [7, 11) is 1.43. The smallest absolute Gasteiger partial charge is 0.258 e. The molecule has 2 atom stereocenters. The molecule has 19 heavy (non-hydrogen) atoms. The summed E-state index contributed by atoms with van der Waals surface area (Å²) in [5.74, 6) is -0.259. The molecule has 0 saturated heterocycles. The Morgan fingerprint density at radius 1 is 1.53 bits per heavy atom. The van der Waals surface area contributed by atoms with Crippen molar-refractivity contribution in [2.45, 2.75) is 25.3 Å². The van der Waals surface area contributed by atoms with E-state index in [9.17, 15) is 9.18 Å². The number of methoxy groups -OCH3 is 1. The van der Waals surface area contributed by atoms with E-state index in [1.807, 2.05) is 0 Å². The Kier molecular flexibility index (Phi) is 4.80. The van der Waals surface area contributed by atoms with Gasteiger partial charge in [0.15, 0.2) is 0 Å². The van der Waals surface area contributed by atoms with Gasteiger partial charge in [0.05, 0.1) is 7.11 Å². The van der Waals surface area contributed by atoms with Crippen molar-refractivity contribution in [3.8, 4) is 5.75 Å². The first-order valence-electron chi connectivity index (χ1n) is 6.36. The minimum absolute atomic E-state index is 0.00905. The maximum atomic E-state index is 13.8. The SMILES string of the molecule is COc1cccc(F)c1C(=O)NC1CCCC1CBr. The van der Waals surface area contributed by atoms with Crippen molar-refractivity contribution in [1.29, 1.82) is 0 Å². The fourth-order valence-electron chi connectivity index (χ4n) is 2.55. The summed E-state index contributed by atoms with van der Waals surface area (Å²) in [4.78, 5) is 12.2. The second-order valence-electron chi connectivity index (χ2n) is 4.74. The van der Waals surface area contributed by atoms with Crippen LogP contribution in [0.15, 0.2) is 18.2 Å². The van der Waals surface area contributed by atoms with Gasteiger partial charge in [-0.1, -0.05) is 28.4 Å². The lowest BCUT2D eigenvalue weighted by Crippen LogP contribution is -2.38. The Morgan fingerprint density at radius 2 is 2.32 bits per heavy atom. The third kappa shape index (κ3) is 3.08. The molecule has 0 bridgehead atoms. The first-order chi connectivity index (χ1) is 9.17. The van der Waals surface area contributed by atoms with Gasteiger partial charge in [-0.2, -0.15) is 0 Å². The molecule has 1 N–H and O–H groups in total. The third-order valence-corrected chi connectivity index (χ3v) is 4.43. The van der Waals surface area contributed by atoms with Gasteiger partial charge < -0.3 is 10.1 Å². The van der Waals surface area contributed by atoms with E-state index < -0.39 is 11.7 Å². The van der Waals surface area contributed by atoms with Crippen LogP contribution in [0.3, 0.4) is 0 Å². The van der Waals surface area contributed by atoms with Crippen LogP contribution in [0, 0.1) is 11.7 Å². The van der Waals surface area contributed by atoms with Gasteiger partial charge in [-0.3, -0.25) is 4.79 Å². The molecular formula is C14H17BrFNO2. The van der Waals surface area contributed by atoms with E-state index in [-0.39, 0.29) is 17.4 Å². The molecule has 1 fully saturated rings. The van der Waals surface area contributed by atoms with E-state index in [4.69, 9.17) is 4.74 Å². The summed E-state index contributed by atoms with van der Waals surface area (Å²) in [5.41, 5.74) is -0.00905. The van der Waals surface area contributed by atoms with E-state index in [0.717, 1.165) is 24.6 Å². The summed E-state index contributed by atoms with van der Waals surface area (Å²) >= 11 is 3.46. The largest absolute Gasteiger partial charge is 0.496 e. The van der Waals surface area contributed by atoms with Crippen LogP contribution < -0.4 is 10.1 Å². The Labute approximate surface area is 120 Å². The van der Waals surface area contributed by atoms with E-state index >= 15 is 0 Å². The van der Waals surface area contributed by atoms with Gasteiger partial charge in [0, 0.05) is 11.4 Å². The van der Waals surface area contributed by atoms with Crippen molar-refractivity contribution in [2.75, 3.05) is 12.4 Å². The van der Waals surface area contributed by atoms with E-state index in [2.05, 4.69) is 21.2 Å². The average Bonchev–Trinajstić information content (AvgIpc) is 2.85. The van der Waals surface area contributed by atoms with Crippen molar-refractivity contribution in [3.05, 3.63) is 29.6 Å². The highest BCUT2D eigenvalue weighted by molar-refractivity contribution is 9.09. The highest BCUT2D eigenvalue weighted by atomic mass is 79.9. The molecule has 3 nitrogen and oxygen atoms in total. The maximum absolute atomic E-state index is 13.8. The number of benzene rings is 1. The average molecular weight is 330 g/mol. The number of amides is 1. The summed E-state index contributed by atoms with van der Waals surface area (Å²) in [6, 6.07) is 4.50. The van der Waals surface area contributed by atoms with Crippen molar-refractivity contribution >= 4 is 21.8 Å². The van der Waals surface area contributed by atoms with Crippen LogP contribution in [0.4, 0.5) is 4.39 Å². The Hall–Kier alpha value is -1.10. The number of carbonyl (C=O) groups is 1. The van der Waals surface area contributed by atoms with Gasteiger partial charge in [0.25, 0.3) is 5.91 Å². The zero-order valence-electron chi connectivity index (χ0n) is 10.8. The Balaban J connectivity index is 2.16. The summed E-state index contributed by atoms with van der Waals surface area (Å²) in [5, 5.41) is 3.78. The van der Waals surface area contributed by atoms with Crippen LogP contribution >= 0.6 is 15.9 Å². The normalized spacial score (nSPS) is 22.3. The van der Waals surface area contributed by atoms with Gasteiger partial charge in [-0.25, -0.2) is 4.39 Å². The minimum Gasteiger partial charge on any atom is -0.496 e. The number of rotatable bonds is 4. The second-order valence-corrected chi connectivity index (χ2v) is 5.39. The lowest BCUT2D eigenvalue weighted by Gasteiger charge is -2.20. The molecule has 0 aliphatic heterocycles. The molecular weight excluding hydrogens is 313 g/mol. The molecule has 0 radical (unpaired) electrons. The highest BCUT2D eigenvalue weighted by Crippen LogP contribution is 2.28. The van der Waals surface area contributed by atoms with Crippen molar-refractivity contribution in [1.82, 2.24) is 5.32 Å². The number of hydrogen-bond acceptors (Lipinski definition) is 2. The summed E-state index contributed by atoms with van der Waals surface area (Å²) < 4.78 is 18.8. The van der Waals surface area contributed by atoms with Gasteiger partial charge in [-0.05, 0) is 30.9 Å². The maximum Gasteiger partial charge on any atom is 0.258 e. The number of halogens is 2. The van der Waals surface area contributed by atoms with Gasteiger partial charge in [0.1, 0.15) is 17.1 Å². The molecule has 2 rings (SSSR count). The fourth-order valence-corrected chi connectivity index (χ4v) is 3.32. The third-order valence-electron chi connectivity index (χ3n) is 3.60. The molecule has 5 heteroatoms. The number of hydrogen-bond donors (Lipinski definition) is 1. The molecule has 1 aromatic carbocycles. The van der Waals surface area contributed by atoms with Gasteiger partial charge >= 0.3 is 0 Å². The lowest BCUT2D eigenvalue weighted by molar-refractivity contribution is 0.0923. The number of alkyl halides is 1. The molecule has 2 unspecified atom stereocenters. The molecule has 0 aromatic heterocycles. The van der Waals surface area contributed by atoms with Crippen LogP contribution in [0.1, 0.15) is 29.6 Å². The Bertz CT molecular complexity index is 467. The van der Waals surface area contributed by atoms with Crippen molar-refractivity contribution in [2.24, 2.45) is 5.92 Å². The van der Waals surface area contributed by atoms with Crippen LogP contribution in [0.5, 0.6) is 5.75 Å². The standard InChI is InChI=1S/C14H17BrFNO2/c1-19-12-7-3-5-10(16)13(12)14(18)17-11-6-2-4-9(11)8-15/h3,5,7,9,11H,2,4,6,8H2,1H3,(H,17,18). The van der Waals surface area contributed by atoms with Gasteiger partial charge in [0.2, 0.25) is 0 Å². The molecule has 1 saturated carbocycles. The van der Waals surface area contributed by atoms with Crippen LogP contribution in [-0.2, 0) is 0 Å². The molecule has 1 amide bonds. The zero-order valence-corrected chi connectivity index (χ0v) is 12.4. The number of carbonyl (C=O) groups excluding carboxylic acids is 1. The van der Waals surface area contributed by atoms with Crippen LogP contribution in [-0.4, -0.2) is 24.4 Å². The molecule has 1 aromatic rings. The van der Waals surface area contributed by atoms with E-state index in [0.29, 0.717) is 5.92 Å². The van der Waals surface area contributed by atoms with Gasteiger partial charge in [-0.15, -0.1) is 0 Å². The zero-order chi connectivity index (χ0) is 13.8. The molecule has 104 valence electrons. The molecule has 1 aliphatic rings. The predicted octanol–water partition coefficient (Wildman–Crippen LogP) is 3.13. The first-order valence-corrected chi connectivity index (χ1v) is 7.48. The lowest BCUT2D eigenvalue weighted by atomic mass is 10.1. The van der Waals surface area contributed by atoms with Crippen molar-refractivity contribution in [3.63, 3.8) is 0 Å². The van der Waals surface area contributed by atoms with E-state index in [1.54, 1.807) is 6.07 Å². The van der Waals surface area contributed by atoms with Crippen molar-refractivity contribution < 1.29 is 13.9 Å². The number of nitrogens with one attached hydrogen (secondary N) is 1. The topological polar surface area (TPSA) is 38.3 Å². The quantitative estimate of drug-likeness (QED) is 0.862. The fraction of sp³-hybridized carbons (Fsp3) is 0.500. The molecule has 0 heterocycles. The monoisotopic (exact) mass is 329 g/mol. The minimum atomic E-state index is -0.551. The highest BCUT2D eigenvalue weighted by Gasteiger charge is 2.29. The summed E-state index contributed by atoms with van der Waals surface area (Å²) in [6.45, 7) is 0. The predicted molar refractivity (Wildman–Crippen MR) is 75.3 cm³/mol. The molecule has 1 aliphatic carbocycles.